The number of hydrogen-bond acceptors (Lipinski definition) is 6. The minimum absolute atomic E-state index is 0.358. The molecule has 31 heavy (non-hydrogen) atoms. The molecule has 0 unspecified atom stereocenters. The molecule has 7 nitrogen and oxygen atoms in total. The van der Waals surface area contributed by atoms with Gasteiger partial charge in [0.2, 0.25) is 0 Å². The number of nitrogens with zero attached hydrogens (tertiary/aromatic N) is 5. The predicted octanol–water partition coefficient (Wildman–Crippen LogP) is 4.36. The molecule has 0 fully saturated rings. The molecule has 3 aromatic heterocycles. The zero-order valence-electron chi connectivity index (χ0n) is 16.6. The van der Waals surface area contributed by atoms with Crippen LogP contribution in [0, 0.1) is 5.82 Å². The van der Waals surface area contributed by atoms with Crippen LogP contribution < -0.4 is 10.1 Å². The Balaban J connectivity index is 1.23. The van der Waals surface area contributed by atoms with Crippen molar-refractivity contribution in [3.05, 3.63) is 78.7 Å². The highest BCUT2D eigenvalue weighted by Crippen LogP contribution is 2.23. The van der Waals surface area contributed by atoms with Gasteiger partial charge in [-0.3, -0.25) is 4.98 Å². The first-order chi connectivity index (χ1) is 15.3. The maximum Gasteiger partial charge on any atom is 0.188 e. The van der Waals surface area contributed by atoms with E-state index >= 15 is 0 Å². The van der Waals surface area contributed by atoms with Crippen molar-refractivity contribution in [2.75, 3.05) is 18.5 Å². The number of ether oxygens (including phenoxy) is 1. The lowest BCUT2D eigenvalue weighted by Crippen LogP contribution is -2.10. The van der Waals surface area contributed by atoms with E-state index in [1.165, 1.54) is 6.07 Å². The Morgan fingerprint density at radius 1 is 0.935 bits per heavy atom. The molecule has 0 spiro atoms. The minimum atomic E-state index is -0.364. The number of hydrogen-bond donors (Lipinski definition) is 1. The van der Waals surface area contributed by atoms with Crippen molar-refractivity contribution in [3.63, 3.8) is 0 Å². The molecule has 0 aliphatic carbocycles. The van der Waals surface area contributed by atoms with Crippen molar-refractivity contribution >= 4 is 22.4 Å². The van der Waals surface area contributed by atoms with E-state index in [0.29, 0.717) is 36.0 Å². The number of pyridine rings is 1. The first kappa shape index (κ1) is 18.9. The van der Waals surface area contributed by atoms with Gasteiger partial charge in [-0.05, 0) is 42.8 Å². The first-order valence-electron chi connectivity index (χ1n) is 9.97. The smallest absolute Gasteiger partial charge is 0.188 e. The van der Waals surface area contributed by atoms with E-state index in [0.717, 1.165) is 23.1 Å². The summed E-state index contributed by atoms with van der Waals surface area (Å²) in [6.45, 7) is 1.20. The average molecular weight is 414 g/mol. The molecule has 5 rings (SSSR count). The number of rotatable bonds is 7. The van der Waals surface area contributed by atoms with Crippen LogP contribution in [0.4, 0.5) is 10.2 Å². The summed E-state index contributed by atoms with van der Waals surface area (Å²) in [5.74, 6) is 1.42. The fourth-order valence-corrected chi connectivity index (χ4v) is 3.36. The van der Waals surface area contributed by atoms with Crippen LogP contribution in [-0.4, -0.2) is 37.9 Å². The van der Waals surface area contributed by atoms with E-state index in [1.807, 2.05) is 36.4 Å². The summed E-state index contributed by atoms with van der Waals surface area (Å²) in [7, 11) is 0. The molecule has 0 bridgehead atoms. The van der Waals surface area contributed by atoms with Gasteiger partial charge >= 0.3 is 0 Å². The Bertz CT molecular complexity index is 1350. The van der Waals surface area contributed by atoms with E-state index in [2.05, 4.69) is 25.6 Å². The van der Waals surface area contributed by atoms with E-state index in [-0.39, 0.29) is 5.82 Å². The fraction of sp³-hybridized carbons (Fsp3) is 0.130. The summed E-state index contributed by atoms with van der Waals surface area (Å²) < 4.78 is 21.6. The topological polar surface area (TPSA) is 77.2 Å². The van der Waals surface area contributed by atoms with Gasteiger partial charge < -0.3 is 10.1 Å². The van der Waals surface area contributed by atoms with Crippen molar-refractivity contribution < 1.29 is 9.13 Å². The maximum absolute atomic E-state index is 14.2. The largest absolute Gasteiger partial charge is 0.491 e. The molecule has 0 atom stereocenters. The van der Waals surface area contributed by atoms with Crippen molar-refractivity contribution in [2.45, 2.75) is 6.42 Å². The van der Waals surface area contributed by atoms with Crippen molar-refractivity contribution in [3.8, 4) is 17.1 Å². The summed E-state index contributed by atoms with van der Waals surface area (Å²) in [4.78, 5) is 4.40. The Kier molecular flexibility index (Phi) is 5.10. The van der Waals surface area contributed by atoms with Crippen LogP contribution in [0.25, 0.3) is 27.9 Å². The highest BCUT2D eigenvalue weighted by Gasteiger charge is 2.13. The van der Waals surface area contributed by atoms with Crippen molar-refractivity contribution in [1.29, 1.82) is 0 Å². The molecule has 3 heterocycles. The molecule has 0 radical (unpaired) electrons. The monoisotopic (exact) mass is 414 g/mol. The highest BCUT2D eigenvalue weighted by atomic mass is 19.1. The lowest BCUT2D eigenvalue weighted by molar-refractivity contribution is 0.318. The molecule has 0 aliphatic rings. The van der Waals surface area contributed by atoms with Crippen molar-refractivity contribution in [1.82, 2.24) is 24.8 Å². The molecule has 1 N–H and O–H groups in total. The molecular weight excluding hydrogens is 395 g/mol. The summed E-state index contributed by atoms with van der Waals surface area (Å²) in [6, 6.07) is 19.9. The number of benzene rings is 2. The summed E-state index contributed by atoms with van der Waals surface area (Å²) >= 11 is 0. The fourth-order valence-electron chi connectivity index (χ4n) is 3.36. The van der Waals surface area contributed by atoms with Gasteiger partial charge in [-0.2, -0.15) is 4.52 Å². The standard InChI is InChI=1S/C23H19FN6O/c24-18-9-2-1-8-17(18)23-28-27-21-12-11-20(29-30(21)23)25-14-5-15-31-19-10-3-6-16-7-4-13-26-22(16)19/h1-4,6-13H,5,14-15H2,(H,25,29). The van der Waals surface area contributed by atoms with Gasteiger partial charge in [-0.25, -0.2) is 4.39 Å². The zero-order chi connectivity index (χ0) is 21.0. The van der Waals surface area contributed by atoms with Crippen LogP contribution >= 0.6 is 0 Å². The number of para-hydroxylation sites is 1. The number of aromatic nitrogens is 5. The third-order valence-corrected chi connectivity index (χ3v) is 4.86. The zero-order valence-corrected chi connectivity index (χ0v) is 16.6. The quantitative estimate of drug-likeness (QED) is 0.399. The molecule has 8 heteroatoms. The van der Waals surface area contributed by atoms with Crippen LogP contribution in [0.15, 0.2) is 72.9 Å². The van der Waals surface area contributed by atoms with E-state index in [9.17, 15) is 4.39 Å². The van der Waals surface area contributed by atoms with E-state index in [1.54, 1.807) is 35.0 Å². The van der Waals surface area contributed by atoms with Crippen molar-refractivity contribution in [2.24, 2.45) is 0 Å². The van der Waals surface area contributed by atoms with Crippen LogP contribution in [0.3, 0.4) is 0 Å². The Morgan fingerprint density at radius 3 is 2.77 bits per heavy atom. The van der Waals surface area contributed by atoms with Gasteiger partial charge in [0.1, 0.15) is 22.9 Å². The third kappa shape index (κ3) is 3.87. The normalized spacial score (nSPS) is 11.1. The van der Waals surface area contributed by atoms with Crippen LogP contribution in [0.5, 0.6) is 5.75 Å². The summed E-state index contributed by atoms with van der Waals surface area (Å²) in [5, 5.41) is 17.0. The SMILES string of the molecule is Fc1ccccc1-c1nnc2ccc(NCCCOc3cccc4cccnc34)nn12. The second-order valence-electron chi connectivity index (χ2n) is 6.95. The molecular formula is C23H19FN6O. The Labute approximate surface area is 177 Å². The van der Waals surface area contributed by atoms with Gasteiger partial charge in [-0.15, -0.1) is 15.3 Å². The maximum atomic E-state index is 14.2. The second-order valence-corrected chi connectivity index (χ2v) is 6.95. The summed E-state index contributed by atoms with van der Waals surface area (Å²) in [6.07, 6.45) is 2.53. The number of fused-ring (bicyclic) bond motifs is 2. The van der Waals surface area contributed by atoms with Crippen LogP contribution in [-0.2, 0) is 0 Å². The van der Waals surface area contributed by atoms with E-state index in [4.69, 9.17) is 4.74 Å². The molecule has 2 aromatic carbocycles. The van der Waals surface area contributed by atoms with Crippen LogP contribution in [0.1, 0.15) is 6.42 Å². The van der Waals surface area contributed by atoms with E-state index < -0.39 is 0 Å². The third-order valence-electron chi connectivity index (χ3n) is 4.86. The van der Waals surface area contributed by atoms with Gasteiger partial charge in [0.05, 0.1) is 12.2 Å². The molecule has 0 amide bonds. The Morgan fingerprint density at radius 2 is 1.84 bits per heavy atom. The molecule has 5 aromatic rings. The molecule has 154 valence electrons. The number of anilines is 1. The lowest BCUT2D eigenvalue weighted by atomic mass is 10.2. The minimum Gasteiger partial charge on any atom is -0.491 e. The van der Waals surface area contributed by atoms with Gasteiger partial charge in [0.15, 0.2) is 11.5 Å². The highest BCUT2D eigenvalue weighted by molar-refractivity contribution is 5.84. The molecule has 0 aliphatic heterocycles. The van der Waals surface area contributed by atoms with Gasteiger partial charge in [-0.1, -0.05) is 30.3 Å². The molecule has 0 saturated heterocycles. The Hall–Kier alpha value is -4.07. The lowest BCUT2D eigenvalue weighted by Gasteiger charge is -2.09. The number of halogens is 1. The van der Waals surface area contributed by atoms with Crippen LogP contribution in [0.2, 0.25) is 0 Å². The van der Waals surface area contributed by atoms with Gasteiger partial charge in [0.25, 0.3) is 0 Å². The second kappa shape index (κ2) is 8.35. The van der Waals surface area contributed by atoms with Gasteiger partial charge in [0, 0.05) is 18.1 Å². The predicted molar refractivity (Wildman–Crippen MR) is 117 cm³/mol. The first-order valence-corrected chi connectivity index (χ1v) is 9.97. The number of nitrogens with one attached hydrogen (secondary N) is 1. The molecule has 0 saturated carbocycles. The average Bonchev–Trinajstić information content (AvgIpc) is 3.22. The summed E-state index contributed by atoms with van der Waals surface area (Å²) in [5.41, 5.74) is 1.77.